The molecular formula is C99H111BBrClN18O15S10. The van der Waals surface area contributed by atoms with E-state index in [9.17, 15) is 47.9 Å². The topological polar surface area (TPSA) is 416 Å². The van der Waals surface area contributed by atoms with E-state index in [1.165, 1.54) is 69.1 Å². The molecule has 13 heterocycles. The SMILES string of the molecule is Brc1cccnc1.C.CC(=O)c1nn(CC(=O)N2CC[C@H]2C(=O)Nc2cccc(C)n2)c2ccc(-c3cccnc3)cc12.CC(=O)c1nn(CC(=O)O)c2ccc(-c3cccnc3)cc12.CC(=O)c1nn(CC(=O)OC(C)(C)C)c2ccc(-c3cccnc3)cc12.CC(=O)c1nn(CC(=O)OC(C)(C)C)c2ccc(B3OC(C)(C)C(C)(C)O3)cc12.Cc1cccc(NC(=O)[C@@H]2CCN2)n1.Cl.S.S=S.S=S=S.S=S=S=S. The van der Waals surface area contributed by atoms with Gasteiger partial charge in [0.15, 0.2) is 23.1 Å². The highest BCUT2D eigenvalue weighted by Gasteiger charge is 2.52. The molecule has 3 amide bonds. The van der Waals surface area contributed by atoms with E-state index in [-0.39, 0.29) is 112 Å². The zero-order chi connectivity index (χ0) is 104. The maximum atomic E-state index is 13.1. The van der Waals surface area contributed by atoms with Crippen molar-refractivity contribution in [3.63, 3.8) is 0 Å². The second-order valence-electron chi connectivity index (χ2n) is 35.0. The lowest BCUT2D eigenvalue weighted by atomic mass is 9.78. The van der Waals surface area contributed by atoms with E-state index in [2.05, 4.69) is 149 Å². The molecule has 0 saturated carbocycles. The summed E-state index contributed by atoms with van der Waals surface area (Å²) in [6.07, 6.45) is 15.3. The Morgan fingerprint density at radius 2 is 0.834 bits per heavy atom. The number of rotatable bonds is 20. The Kier molecular flexibility index (Phi) is 47.7. The molecule has 10 aromatic heterocycles. The Morgan fingerprint density at radius 1 is 0.490 bits per heavy atom. The lowest BCUT2D eigenvalue weighted by Crippen LogP contribution is -2.57. The minimum Gasteiger partial charge on any atom is -0.480 e. The number of nitrogens with one attached hydrogen (secondary N) is 3. The number of carboxylic acid groups (broad SMARTS) is 1. The van der Waals surface area contributed by atoms with Crippen LogP contribution in [-0.2, 0) is 167 Å². The van der Waals surface area contributed by atoms with Crippen LogP contribution in [0.25, 0.3) is 77.0 Å². The second kappa shape index (κ2) is 56.8. The van der Waals surface area contributed by atoms with Gasteiger partial charge in [0.2, 0.25) is 17.7 Å². The Bertz CT molecular complexity index is 7040. The molecule has 0 unspecified atom stereocenters. The van der Waals surface area contributed by atoms with Crippen molar-refractivity contribution in [2.45, 2.75) is 192 Å². The number of hydrogen-bond acceptors (Lipinski definition) is 31. The van der Waals surface area contributed by atoms with Gasteiger partial charge < -0.3 is 44.7 Å². The zero-order valence-electron chi connectivity index (χ0n) is 81.4. The molecule has 4 aromatic carbocycles. The summed E-state index contributed by atoms with van der Waals surface area (Å²) in [5.74, 6) is -1.92. The number of nitrogens with zero attached hydrogens (tertiary/aromatic N) is 15. The number of ketones is 4. The average Bonchev–Trinajstić information content (AvgIpc) is 1.60. The van der Waals surface area contributed by atoms with Gasteiger partial charge in [0.1, 0.15) is 77.8 Å². The molecule has 3 saturated heterocycles. The Balaban J connectivity index is 0.000000270. The van der Waals surface area contributed by atoms with Gasteiger partial charge in [-0.15, -0.1) is 12.4 Å². The first kappa shape index (κ1) is 122. The standard InChI is InChI=1S/C26H24N6O3.C21H29BN2O5.C20H21N3O3.C16H13N3O3.C10H13N3O.C5H4BrN.CH4.ClH.S4.S3.S2.H2S/c1-16-5-3-7-23(28-16)29-26(35)22-10-12-31(22)24(34)15-32-21-9-8-18(19-6-4-11-27-14-19)13-20(21)25(30-32)17(2)33;1-13(25)18-15-11-14(22-28-20(5,6)21(7,8)29-22)9-10-16(15)24(23-18)12-17(26)27-19(2,3)4;1-13(24)19-16-10-14(15-6-5-9-21-11-15)7-8-17(16)23(22-19)12-18(25)26-20(2,3)4;1-10(20)16-13-7-11(12-3-2-6-17-8-12)4-5-14(13)19(18-16)9-15(21)22;1-7-3-2-4-9(12-7)13-10(14)8-5-6-11-8;6-5-2-1-3-7-4-5;;;1-3-4-2;1-3-2;1-2;/h3-9,11,13-14,22H,10,12,15H2,1-2H3,(H,28,29,35);9-11H,12H2,1-8H3;5-11H,12H2,1-4H3;2-8H,9H2,1H3,(H,21,22);2-4,8,11H,5-6H2,1H3,(H,12,13,14);1-4H;1H4;1H;;;;1H2/t22-;;;;8-;;;;;;;/m0...0......./s1. The number of likely N-dealkylation sites (tertiary alicyclic amines) is 1. The fourth-order valence-corrected chi connectivity index (χ4v) is 14.6. The molecule has 764 valence electrons. The van der Waals surface area contributed by atoms with Gasteiger partial charge in [-0.25, -0.2) is 9.97 Å². The summed E-state index contributed by atoms with van der Waals surface area (Å²) in [6, 6.07) is 47.9. The highest BCUT2D eigenvalue weighted by atomic mass is 79.9. The van der Waals surface area contributed by atoms with Crippen LogP contribution in [0.3, 0.4) is 0 Å². The van der Waals surface area contributed by atoms with Gasteiger partial charge >= 0.3 is 25.0 Å². The second-order valence-corrected chi connectivity index (χ2v) is 41.2. The summed E-state index contributed by atoms with van der Waals surface area (Å²) in [4.78, 5) is 147. The number of benzene rings is 4. The third-order valence-corrected chi connectivity index (χ3v) is 24.2. The van der Waals surface area contributed by atoms with E-state index in [0.717, 1.165) is 76.6 Å². The number of aryl methyl sites for hydroxylation is 2. The van der Waals surface area contributed by atoms with Crippen LogP contribution in [0.15, 0.2) is 212 Å². The van der Waals surface area contributed by atoms with Crippen molar-refractivity contribution in [3.05, 3.63) is 246 Å². The Labute approximate surface area is 900 Å². The van der Waals surface area contributed by atoms with Gasteiger partial charge in [0.25, 0.3) is 0 Å². The molecule has 33 nitrogen and oxygen atoms in total. The van der Waals surface area contributed by atoms with Gasteiger partial charge in [-0.1, -0.05) is 68.1 Å². The predicted molar refractivity (Wildman–Crippen MR) is 598 cm³/mol. The summed E-state index contributed by atoms with van der Waals surface area (Å²) < 4.78 is 29.9. The van der Waals surface area contributed by atoms with Crippen molar-refractivity contribution in [1.29, 1.82) is 0 Å². The van der Waals surface area contributed by atoms with Crippen molar-refractivity contribution >= 4 is 262 Å². The lowest BCUT2D eigenvalue weighted by Gasteiger charge is -2.39. The first-order chi connectivity index (χ1) is 67.4. The van der Waals surface area contributed by atoms with Gasteiger partial charge in [-0.05, 0) is 238 Å². The molecule has 4 N–H and O–H groups in total. The Morgan fingerprint density at radius 3 is 1.12 bits per heavy atom. The monoisotopic (exact) mass is 2240 g/mol. The molecule has 0 radical (unpaired) electrons. The fourth-order valence-electron chi connectivity index (χ4n) is 14.3. The molecule has 14 aromatic rings. The molecular weight excluding hydrogens is 2130 g/mol. The number of halogens is 2. The summed E-state index contributed by atoms with van der Waals surface area (Å²) in [5, 5.41) is 37.5. The average molecular weight is 2240 g/mol. The molecule has 145 heavy (non-hydrogen) atoms. The Hall–Kier alpha value is -11.8. The van der Waals surface area contributed by atoms with Crippen molar-refractivity contribution < 1.29 is 71.8 Å². The molecule has 46 heteroatoms. The van der Waals surface area contributed by atoms with Gasteiger partial charge in [-0.3, -0.25) is 86.6 Å². The number of carbonyl (C=O) groups is 10. The third kappa shape index (κ3) is 35.0. The number of anilines is 2. The number of esters is 2. The van der Waals surface area contributed by atoms with Gasteiger partial charge in [-0.2, -0.15) is 33.9 Å². The summed E-state index contributed by atoms with van der Waals surface area (Å²) >= 11 is 27.5. The molecule has 3 aliphatic rings. The number of fused-ring (bicyclic) bond motifs is 4. The minimum absolute atomic E-state index is 0. The van der Waals surface area contributed by atoms with Crippen LogP contribution in [-0.4, -0.2) is 192 Å². The van der Waals surface area contributed by atoms with Crippen LogP contribution in [0, 0.1) is 13.8 Å². The van der Waals surface area contributed by atoms with E-state index in [0.29, 0.717) is 85.3 Å². The van der Waals surface area contributed by atoms with E-state index in [4.69, 9.17) is 23.9 Å². The number of carbonyl (C=O) groups excluding carboxylic acids is 9. The van der Waals surface area contributed by atoms with E-state index >= 15 is 0 Å². The number of carboxylic acids is 1. The van der Waals surface area contributed by atoms with E-state index < -0.39 is 53.5 Å². The number of pyridine rings is 6. The molecule has 3 aliphatic heterocycles. The first-order valence-electron chi connectivity index (χ1n) is 43.9. The summed E-state index contributed by atoms with van der Waals surface area (Å²) in [7, 11) is 2.72. The number of aromatic nitrogens is 14. The summed E-state index contributed by atoms with van der Waals surface area (Å²) in [6.45, 7) is 29.3. The highest BCUT2D eigenvalue weighted by molar-refractivity contribution is 9.10. The number of Topliss-reactive ketones (excluding diaryl/α,β-unsaturated/α-hetero) is 4. The largest absolute Gasteiger partial charge is 0.494 e. The fraction of sp³-hybridized carbons (Fsp3) is 0.313. The van der Waals surface area contributed by atoms with Crippen LogP contribution >= 0.6 is 41.8 Å². The van der Waals surface area contributed by atoms with Crippen LogP contribution in [0.4, 0.5) is 11.6 Å². The molecule has 0 spiro atoms. The minimum atomic E-state index is -1.00. The van der Waals surface area contributed by atoms with Gasteiger partial charge in [0.05, 0.1) is 39.3 Å². The molecule has 0 bridgehead atoms. The van der Waals surface area contributed by atoms with E-state index in [1.54, 1.807) is 67.8 Å². The number of amides is 3. The molecule has 17 rings (SSSR count). The quantitative estimate of drug-likeness (QED) is 0.0313. The molecule has 3 fully saturated rings. The van der Waals surface area contributed by atoms with Crippen LogP contribution in [0.2, 0.25) is 0 Å². The van der Waals surface area contributed by atoms with Crippen LogP contribution in [0.1, 0.15) is 171 Å². The normalized spacial score (nSPS) is 13.6. The summed E-state index contributed by atoms with van der Waals surface area (Å²) in [5.41, 5.74) is 9.89. The van der Waals surface area contributed by atoms with Gasteiger partial charge in [0, 0.05) is 232 Å². The van der Waals surface area contributed by atoms with Crippen LogP contribution in [0.5, 0.6) is 0 Å². The highest BCUT2D eigenvalue weighted by Crippen LogP contribution is 2.38. The maximum absolute atomic E-state index is 13.1. The van der Waals surface area contributed by atoms with Crippen molar-refractivity contribution in [2.24, 2.45) is 0 Å². The molecule has 2 atom stereocenters. The zero-order valence-corrected chi connectivity index (χ0v) is 92.1. The number of ether oxygens (including phenoxy) is 2. The lowest BCUT2D eigenvalue weighted by molar-refractivity contribution is -0.156. The molecule has 0 aliphatic carbocycles. The van der Waals surface area contributed by atoms with Crippen LogP contribution < -0.4 is 21.4 Å². The van der Waals surface area contributed by atoms with Crippen molar-refractivity contribution in [3.8, 4) is 33.4 Å². The third-order valence-electron chi connectivity index (χ3n) is 21.6. The smallest absolute Gasteiger partial charge is 0.480 e. The number of hydrogen-bond donors (Lipinski definition) is 4. The van der Waals surface area contributed by atoms with Crippen molar-refractivity contribution in [2.75, 3.05) is 23.7 Å². The van der Waals surface area contributed by atoms with Crippen molar-refractivity contribution in [1.82, 2.24) is 79.2 Å². The first-order valence-corrected chi connectivity index (χ1v) is 52.7. The number of aliphatic carboxylic acids is 1. The maximum Gasteiger partial charge on any atom is 0.494 e. The predicted octanol–water partition coefficient (Wildman–Crippen LogP) is 15.8. The van der Waals surface area contributed by atoms with E-state index in [1.807, 2.05) is 223 Å².